The van der Waals surface area contributed by atoms with Crippen LogP contribution in [0, 0.1) is 6.92 Å². The van der Waals surface area contributed by atoms with Crippen molar-refractivity contribution in [3.05, 3.63) is 65.2 Å². The first kappa shape index (κ1) is 13.6. The second-order valence-corrected chi connectivity index (χ2v) is 4.10. The largest absolute Gasteiger partial charge is 0.508 e. The first-order valence-electron chi connectivity index (χ1n) is 5.86. The molecule has 0 saturated carbocycles. The third-order valence-electron chi connectivity index (χ3n) is 2.66. The number of rotatable bonds is 2. The first-order valence-corrected chi connectivity index (χ1v) is 5.86. The van der Waals surface area contributed by atoms with Gasteiger partial charge in [-0.05, 0) is 42.8 Å². The van der Waals surface area contributed by atoms with Crippen LogP contribution in [0.1, 0.15) is 26.3 Å². The van der Waals surface area contributed by atoms with Gasteiger partial charge in [-0.1, -0.05) is 18.2 Å². The Labute approximate surface area is 115 Å². The number of aryl methyl sites for hydroxylation is 1. The summed E-state index contributed by atoms with van der Waals surface area (Å²) < 4.78 is 0. The molecule has 0 radical (unpaired) electrons. The molecule has 0 atom stereocenters. The summed E-state index contributed by atoms with van der Waals surface area (Å²) in [4.78, 5) is 32.3. The van der Waals surface area contributed by atoms with Gasteiger partial charge in [0.15, 0.2) is 0 Å². The van der Waals surface area contributed by atoms with Crippen LogP contribution in [-0.2, 0) is 9.78 Å². The normalized spacial score (nSPS) is 9.85. The fourth-order valence-corrected chi connectivity index (χ4v) is 1.57. The molecule has 0 spiro atoms. The Hall–Kier alpha value is -2.82. The van der Waals surface area contributed by atoms with E-state index in [-0.39, 0.29) is 11.3 Å². The molecule has 0 saturated heterocycles. The van der Waals surface area contributed by atoms with E-state index in [4.69, 9.17) is 5.11 Å². The molecule has 1 N–H and O–H groups in total. The molecular weight excluding hydrogens is 260 g/mol. The van der Waals surface area contributed by atoms with Gasteiger partial charge in [-0.25, -0.2) is 19.4 Å². The monoisotopic (exact) mass is 272 g/mol. The molecule has 20 heavy (non-hydrogen) atoms. The summed E-state index contributed by atoms with van der Waals surface area (Å²) in [6.07, 6.45) is 0. The van der Waals surface area contributed by atoms with Gasteiger partial charge in [-0.2, -0.15) is 0 Å². The van der Waals surface area contributed by atoms with Gasteiger partial charge in [0.1, 0.15) is 5.75 Å². The SMILES string of the molecule is Cc1ccccc1C(=O)OOC(=O)c1ccc(O)cc1. The Balaban J connectivity index is 1.99. The zero-order valence-corrected chi connectivity index (χ0v) is 10.7. The van der Waals surface area contributed by atoms with Crippen LogP contribution in [0.2, 0.25) is 0 Å². The fraction of sp³-hybridized carbons (Fsp3) is 0.0667. The quantitative estimate of drug-likeness (QED) is 0.672. The van der Waals surface area contributed by atoms with E-state index in [0.29, 0.717) is 5.56 Å². The Morgan fingerprint density at radius 2 is 1.50 bits per heavy atom. The van der Waals surface area contributed by atoms with Crippen molar-refractivity contribution >= 4 is 11.9 Å². The predicted octanol–water partition coefficient (Wildman–Crippen LogP) is 2.63. The van der Waals surface area contributed by atoms with Gasteiger partial charge in [-0.3, -0.25) is 0 Å². The minimum absolute atomic E-state index is 0.0263. The lowest BCUT2D eigenvalue weighted by Crippen LogP contribution is -2.12. The molecule has 0 unspecified atom stereocenters. The average Bonchev–Trinajstić information content (AvgIpc) is 2.45. The van der Waals surface area contributed by atoms with E-state index >= 15 is 0 Å². The molecule has 5 nitrogen and oxygen atoms in total. The van der Waals surface area contributed by atoms with Crippen molar-refractivity contribution in [2.45, 2.75) is 6.92 Å². The van der Waals surface area contributed by atoms with Crippen LogP contribution in [0.25, 0.3) is 0 Å². The van der Waals surface area contributed by atoms with Crippen LogP contribution in [0.4, 0.5) is 0 Å². The van der Waals surface area contributed by atoms with Crippen LogP contribution < -0.4 is 0 Å². The summed E-state index contributed by atoms with van der Waals surface area (Å²) in [6.45, 7) is 1.75. The van der Waals surface area contributed by atoms with Gasteiger partial charge in [-0.15, -0.1) is 0 Å². The van der Waals surface area contributed by atoms with Crippen molar-refractivity contribution in [1.29, 1.82) is 0 Å². The number of phenols is 1. The Morgan fingerprint density at radius 3 is 2.15 bits per heavy atom. The third kappa shape index (κ3) is 3.14. The van der Waals surface area contributed by atoms with E-state index in [9.17, 15) is 9.59 Å². The van der Waals surface area contributed by atoms with E-state index in [0.717, 1.165) is 5.56 Å². The van der Waals surface area contributed by atoms with E-state index < -0.39 is 11.9 Å². The molecule has 0 aliphatic carbocycles. The summed E-state index contributed by atoms with van der Waals surface area (Å²) in [6, 6.07) is 12.2. The molecule has 2 rings (SSSR count). The number of phenolic OH excluding ortho intramolecular Hbond substituents is 1. The molecule has 0 aromatic heterocycles. The van der Waals surface area contributed by atoms with Crippen molar-refractivity contribution in [2.75, 3.05) is 0 Å². The molecule has 0 heterocycles. The zero-order valence-electron chi connectivity index (χ0n) is 10.7. The standard InChI is InChI=1S/C15H12O5/c1-10-4-2-3-5-13(10)15(18)20-19-14(17)11-6-8-12(16)9-7-11/h2-9,16H,1H3. The Kier molecular flexibility index (Phi) is 4.00. The van der Waals surface area contributed by atoms with Crippen LogP contribution in [0.15, 0.2) is 48.5 Å². The molecule has 5 heteroatoms. The van der Waals surface area contributed by atoms with Crippen molar-refractivity contribution in [2.24, 2.45) is 0 Å². The predicted molar refractivity (Wildman–Crippen MR) is 70.1 cm³/mol. The van der Waals surface area contributed by atoms with Gasteiger partial charge in [0.25, 0.3) is 0 Å². The van der Waals surface area contributed by atoms with Crippen LogP contribution in [0.3, 0.4) is 0 Å². The van der Waals surface area contributed by atoms with Crippen molar-refractivity contribution in [3.8, 4) is 5.75 Å². The van der Waals surface area contributed by atoms with Crippen LogP contribution in [-0.4, -0.2) is 17.0 Å². The summed E-state index contributed by atoms with van der Waals surface area (Å²) >= 11 is 0. The highest BCUT2D eigenvalue weighted by atomic mass is 17.2. The summed E-state index contributed by atoms with van der Waals surface area (Å²) in [5, 5.41) is 9.10. The molecular formula is C15H12O5. The smallest absolute Gasteiger partial charge is 0.386 e. The third-order valence-corrected chi connectivity index (χ3v) is 2.66. The van der Waals surface area contributed by atoms with Crippen molar-refractivity contribution in [1.82, 2.24) is 0 Å². The highest BCUT2D eigenvalue weighted by Gasteiger charge is 2.15. The minimum atomic E-state index is -0.813. The second kappa shape index (κ2) is 5.88. The van der Waals surface area contributed by atoms with Crippen molar-refractivity contribution < 1.29 is 24.5 Å². The molecule has 0 fully saturated rings. The van der Waals surface area contributed by atoms with Gasteiger partial charge in [0.05, 0.1) is 11.1 Å². The lowest BCUT2D eigenvalue weighted by atomic mass is 10.1. The number of carbonyl (C=O) groups excluding carboxylic acids is 2. The molecule has 102 valence electrons. The van der Waals surface area contributed by atoms with Gasteiger partial charge in [0.2, 0.25) is 0 Å². The lowest BCUT2D eigenvalue weighted by Gasteiger charge is -2.05. The van der Waals surface area contributed by atoms with E-state index in [1.165, 1.54) is 24.3 Å². The number of hydrogen-bond acceptors (Lipinski definition) is 5. The van der Waals surface area contributed by atoms with E-state index in [1.54, 1.807) is 31.2 Å². The number of benzene rings is 2. The van der Waals surface area contributed by atoms with Crippen LogP contribution in [0.5, 0.6) is 5.75 Å². The number of aromatic hydroxyl groups is 1. The zero-order chi connectivity index (χ0) is 14.5. The Bertz CT molecular complexity index is 631. The van der Waals surface area contributed by atoms with Crippen molar-refractivity contribution in [3.63, 3.8) is 0 Å². The maximum Gasteiger partial charge on any atom is 0.386 e. The van der Waals surface area contributed by atoms with Crippen LogP contribution >= 0.6 is 0 Å². The maximum atomic E-state index is 11.7. The average molecular weight is 272 g/mol. The van der Waals surface area contributed by atoms with E-state index in [1.807, 2.05) is 0 Å². The summed E-state index contributed by atoms with van der Waals surface area (Å²) in [5.41, 5.74) is 1.21. The molecule has 0 aliphatic heterocycles. The maximum absolute atomic E-state index is 11.7. The molecule has 0 bridgehead atoms. The number of hydrogen-bond donors (Lipinski definition) is 1. The fourth-order valence-electron chi connectivity index (χ4n) is 1.57. The van der Waals surface area contributed by atoms with Gasteiger partial charge in [0, 0.05) is 0 Å². The summed E-state index contributed by atoms with van der Waals surface area (Å²) in [7, 11) is 0. The molecule has 0 amide bonds. The minimum Gasteiger partial charge on any atom is -0.508 e. The highest BCUT2D eigenvalue weighted by Crippen LogP contribution is 2.12. The first-order chi connectivity index (χ1) is 9.58. The Morgan fingerprint density at radius 1 is 0.900 bits per heavy atom. The molecule has 0 aliphatic rings. The topological polar surface area (TPSA) is 72.8 Å². The second-order valence-electron chi connectivity index (χ2n) is 4.10. The summed E-state index contributed by atoms with van der Waals surface area (Å²) in [5.74, 6) is -1.53. The highest BCUT2D eigenvalue weighted by molar-refractivity contribution is 5.93. The molecule has 2 aromatic carbocycles. The lowest BCUT2D eigenvalue weighted by molar-refractivity contribution is -0.187. The number of carbonyl (C=O) groups is 2. The molecule has 2 aromatic rings. The van der Waals surface area contributed by atoms with Gasteiger partial charge >= 0.3 is 11.9 Å². The van der Waals surface area contributed by atoms with Gasteiger partial charge < -0.3 is 5.11 Å². The van der Waals surface area contributed by atoms with E-state index in [2.05, 4.69) is 9.78 Å².